The van der Waals surface area contributed by atoms with Crippen LogP contribution in [0.15, 0.2) is 0 Å². The number of hydrogen-bond donors (Lipinski definition) is 2. The van der Waals surface area contributed by atoms with Gasteiger partial charge in [-0.1, -0.05) is 0 Å². The van der Waals surface area contributed by atoms with Crippen LogP contribution >= 0.6 is 0 Å². The number of nitrogens with zero attached hydrogens (tertiary/aromatic N) is 1. The number of rotatable bonds is 1. The number of hydrogen-bond acceptors (Lipinski definition) is 4. The van der Waals surface area contributed by atoms with Crippen molar-refractivity contribution in [3.63, 3.8) is 0 Å². The van der Waals surface area contributed by atoms with Crippen LogP contribution < -0.4 is 5.32 Å². The van der Waals surface area contributed by atoms with E-state index in [2.05, 4.69) is 5.32 Å². The molecule has 2 rings (SSSR count). The number of carbonyl (C=O) groups is 1. The lowest BCUT2D eigenvalue weighted by atomic mass is 9.67. The summed E-state index contributed by atoms with van der Waals surface area (Å²) in [4.78, 5) is 13.8. The minimum atomic E-state index is -0.448. The van der Waals surface area contributed by atoms with Crippen LogP contribution in [0.5, 0.6) is 0 Å². The van der Waals surface area contributed by atoms with Gasteiger partial charge in [0.25, 0.3) is 0 Å². The number of amides is 1. The van der Waals surface area contributed by atoms with Gasteiger partial charge in [-0.25, -0.2) is 4.79 Å². The van der Waals surface area contributed by atoms with Crippen molar-refractivity contribution >= 4 is 6.09 Å². The molecule has 2 aliphatic rings. The average Bonchev–Trinajstić information content (AvgIpc) is 2.23. The molecule has 0 bridgehead atoms. The highest BCUT2D eigenvalue weighted by molar-refractivity contribution is 5.68. The SMILES string of the molecule is CC(C)(C)OC(=O)N1CCC(CO)C2(CNC2)C1. The Morgan fingerprint density at radius 3 is 2.61 bits per heavy atom. The first-order chi connectivity index (χ1) is 8.36. The molecule has 5 nitrogen and oxygen atoms in total. The molecule has 0 aromatic heterocycles. The molecule has 0 aromatic carbocycles. The molecule has 104 valence electrons. The molecule has 1 atom stereocenters. The molecule has 0 aromatic rings. The van der Waals surface area contributed by atoms with Gasteiger partial charge in [0.2, 0.25) is 0 Å². The molecule has 2 aliphatic heterocycles. The Labute approximate surface area is 108 Å². The lowest BCUT2D eigenvalue weighted by Crippen LogP contribution is -2.66. The molecule has 0 radical (unpaired) electrons. The van der Waals surface area contributed by atoms with Crippen LogP contribution in [0.3, 0.4) is 0 Å². The first kappa shape index (κ1) is 13.6. The Bertz CT molecular complexity index is 321. The predicted octanol–water partition coefficient (Wildman–Crippen LogP) is 0.825. The number of carbonyl (C=O) groups excluding carboxylic acids is 1. The zero-order valence-electron chi connectivity index (χ0n) is 11.5. The molecule has 0 saturated carbocycles. The fourth-order valence-corrected chi connectivity index (χ4v) is 2.82. The minimum absolute atomic E-state index is 0.0594. The second kappa shape index (κ2) is 4.70. The zero-order valence-corrected chi connectivity index (χ0v) is 11.5. The lowest BCUT2D eigenvalue weighted by Gasteiger charge is -2.53. The Morgan fingerprint density at radius 1 is 1.50 bits per heavy atom. The third kappa shape index (κ3) is 2.62. The van der Waals surface area contributed by atoms with Crippen LogP contribution in [0.4, 0.5) is 4.79 Å². The Kier molecular flexibility index (Phi) is 3.56. The summed E-state index contributed by atoms with van der Waals surface area (Å²) in [5, 5.41) is 12.7. The number of piperidine rings is 1. The summed E-state index contributed by atoms with van der Waals surface area (Å²) in [6.45, 7) is 9.01. The number of ether oxygens (including phenoxy) is 1. The van der Waals surface area contributed by atoms with Gasteiger partial charge >= 0.3 is 6.09 Å². The van der Waals surface area contributed by atoms with Crippen molar-refractivity contribution in [2.24, 2.45) is 11.3 Å². The third-order valence-electron chi connectivity index (χ3n) is 3.95. The highest BCUT2D eigenvalue weighted by atomic mass is 16.6. The molecule has 18 heavy (non-hydrogen) atoms. The van der Waals surface area contributed by atoms with E-state index < -0.39 is 5.60 Å². The van der Waals surface area contributed by atoms with E-state index in [1.807, 2.05) is 20.8 Å². The molecule has 0 aliphatic carbocycles. The topological polar surface area (TPSA) is 61.8 Å². The van der Waals surface area contributed by atoms with E-state index in [1.165, 1.54) is 0 Å². The van der Waals surface area contributed by atoms with E-state index in [1.54, 1.807) is 4.90 Å². The summed E-state index contributed by atoms with van der Waals surface area (Å²) >= 11 is 0. The summed E-state index contributed by atoms with van der Waals surface area (Å²) in [7, 11) is 0. The predicted molar refractivity (Wildman–Crippen MR) is 68.3 cm³/mol. The van der Waals surface area contributed by atoms with Gasteiger partial charge in [0.15, 0.2) is 0 Å². The van der Waals surface area contributed by atoms with Gasteiger partial charge in [-0.2, -0.15) is 0 Å². The molecular formula is C13H24N2O3. The molecule has 5 heteroatoms. The standard InChI is InChI=1S/C13H24N2O3/c1-12(2,3)18-11(17)15-5-4-10(6-16)13(9-15)7-14-8-13/h10,14,16H,4-9H2,1-3H3. The second-order valence-electron chi connectivity index (χ2n) is 6.54. The van der Waals surface area contributed by atoms with Gasteiger partial charge in [0.1, 0.15) is 5.60 Å². The Morgan fingerprint density at radius 2 is 2.17 bits per heavy atom. The number of nitrogens with one attached hydrogen (secondary N) is 1. The van der Waals surface area contributed by atoms with Gasteiger partial charge in [-0.15, -0.1) is 0 Å². The molecule has 1 spiro atoms. The molecule has 2 fully saturated rings. The van der Waals surface area contributed by atoms with Crippen molar-refractivity contribution in [2.45, 2.75) is 32.8 Å². The van der Waals surface area contributed by atoms with Crippen LogP contribution in [0.1, 0.15) is 27.2 Å². The van der Waals surface area contributed by atoms with E-state index >= 15 is 0 Å². The minimum Gasteiger partial charge on any atom is -0.444 e. The number of aliphatic hydroxyl groups is 1. The highest BCUT2D eigenvalue weighted by Gasteiger charge is 2.48. The molecule has 2 N–H and O–H groups in total. The molecule has 1 amide bonds. The van der Waals surface area contributed by atoms with Crippen LogP contribution in [0.2, 0.25) is 0 Å². The van der Waals surface area contributed by atoms with E-state index in [0.29, 0.717) is 19.0 Å². The zero-order chi connectivity index (χ0) is 13.4. The fourth-order valence-electron chi connectivity index (χ4n) is 2.82. The van der Waals surface area contributed by atoms with E-state index in [9.17, 15) is 9.90 Å². The van der Waals surface area contributed by atoms with Crippen molar-refractivity contribution in [3.8, 4) is 0 Å². The van der Waals surface area contributed by atoms with Crippen molar-refractivity contribution in [1.29, 1.82) is 0 Å². The molecular weight excluding hydrogens is 232 g/mol. The fraction of sp³-hybridized carbons (Fsp3) is 0.923. The number of aliphatic hydroxyl groups excluding tert-OH is 1. The highest BCUT2D eigenvalue weighted by Crippen LogP contribution is 2.39. The van der Waals surface area contributed by atoms with E-state index in [-0.39, 0.29) is 18.1 Å². The molecule has 1 unspecified atom stereocenters. The van der Waals surface area contributed by atoms with Crippen LogP contribution in [-0.2, 0) is 4.74 Å². The number of likely N-dealkylation sites (tertiary alicyclic amines) is 1. The van der Waals surface area contributed by atoms with Gasteiger partial charge in [-0.05, 0) is 33.1 Å². The van der Waals surface area contributed by atoms with Gasteiger partial charge in [0.05, 0.1) is 0 Å². The first-order valence-corrected chi connectivity index (χ1v) is 6.66. The summed E-state index contributed by atoms with van der Waals surface area (Å²) in [5.41, 5.74) is -0.389. The van der Waals surface area contributed by atoms with Gasteiger partial charge < -0.3 is 20.1 Å². The van der Waals surface area contributed by atoms with Crippen LogP contribution in [0, 0.1) is 11.3 Å². The maximum absolute atomic E-state index is 12.1. The maximum atomic E-state index is 12.1. The van der Waals surface area contributed by atoms with Crippen molar-refractivity contribution in [3.05, 3.63) is 0 Å². The smallest absolute Gasteiger partial charge is 0.410 e. The summed E-state index contributed by atoms with van der Waals surface area (Å²) < 4.78 is 5.41. The molecule has 2 heterocycles. The average molecular weight is 256 g/mol. The van der Waals surface area contributed by atoms with Crippen LogP contribution in [0.25, 0.3) is 0 Å². The normalized spacial score (nSPS) is 26.9. The third-order valence-corrected chi connectivity index (χ3v) is 3.95. The van der Waals surface area contributed by atoms with E-state index in [4.69, 9.17) is 4.74 Å². The lowest BCUT2D eigenvalue weighted by molar-refractivity contribution is -0.0489. The Balaban J connectivity index is 1.98. The van der Waals surface area contributed by atoms with Crippen molar-refractivity contribution in [1.82, 2.24) is 10.2 Å². The maximum Gasteiger partial charge on any atom is 0.410 e. The van der Waals surface area contributed by atoms with Gasteiger partial charge in [-0.3, -0.25) is 0 Å². The summed E-state index contributed by atoms with van der Waals surface area (Å²) in [5.74, 6) is 0.303. The monoisotopic (exact) mass is 256 g/mol. The second-order valence-corrected chi connectivity index (χ2v) is 6.54. The van der Waals surface area contributed by atoms with Crippen LogP contribution in [-0.4, -0.2) is 54.5 Å². The summed E-state index contributed by atoms with van der Waals surface area (Å²) in [6.07, 6.45) is 0.627. The molecule has 2 saturated heterocycles. The first-order valence-electron chi connectivity index (χ1n) is 6.66. The van der Waals surface area contributed by atoms with E-state index in [0.717, 1.165) is 19.5 Å². The largest absolute Gasteiger partial charge is 0.444 e. The Hall–Kier alpha value is -0.810. The summed E-state index contributed by atoms with van der Waals surface area (Å²) in [6, 6.07) is 0. The van der Waals surface area contributed by atoms with Crippen molar-refractivity contribution in [2.75, 3.05) is 32.8 Å². The van der Waals surface area contributed by atoms with Crippen molar-refractivity contribution < 1.29 is 14.6 Å². The quantitative estimate of drug-likeness (QED) is 0.729. The van der Waals surface area contributed by atoms with Gasteiger partial charge in [0, 0.05) is 38.2 Å².